The fraction of sp³-hybridized carbons (Fsp3) is 0.0588. The van der Waals surface area contributed by atoms with Crippen LogP contribution in [0.25, 0.3) is 6.08 Å². The molecule has 6 heteroatoms. The third-order valence-corrected chi connectivity index (χ3v) is 3.21. The van der Waals surface area contributed by atoms with Gasteiger partial charge in [-0.1, -0.05) is 34.7 Å². The van der Waals surface area contributed by atoms with E-state index >= 15 is 0 Å². The van der Waals surface area contributed by atoms with Crippen LogP contribution in [-0.2, 0) is 9.53 Å². The number of benzene rings is 1. The van der Waals surface area contributed by atoms with Gasteiger partial charge in [-0.05, 0) is 30.3 Å². The maximum atomic E-state index is 12.3. The molecule has 5 nitrogen and oxygen atoms in total. The normalized spacial score (nSPS) is 10.9. The molecule has 0 saturated heterocycles. The number of amides is 1. The van der Waals surface area contributed by atoms with Crippen molar-refractivity contribution >= 4 is 33.9 Å². The first-order valence-electron chi connectivity index (χ1n) is 6.70. The van der Waals surface area contributed by atoms with Crippen LogP contribution in [-0.4, -0.2) is 18.5 Å². The van der Waals surface area contributed by atoms with Crippen LogP contribution in [0, 0.1) is 0 Å². The third kappa shape index (κ3) is 4.96. The van der Waals surface area contributed by atoms with Crippen molar-refractivity contribution in [2.24, 2.45) is 0 Å². The minimum Gasteiger partial charge on any atom is -0.465 e. The van der Waals surface area contributed by atoms with Crippen LogP contribution in [0.3, 0.4) is 0 Å². The Balaban J connectivity index is 2.22. The van der Waals surface area contributed by atoms with Crippen molar-refractivity contribution in [3.05, 3.63) is 76.8 Å². The van der Waals surface area contributed by atoms with Crippen molar-refractivity contribution in [3.8, 4) is 0 Å². The summed E-state index contributed by atoms with van der Waals surface area (Å²) in [7, 11) is 0. The Bertz CT molecular complexity index is 735. The van der Waals surface area contributed by atoms with Crippen LogP contribution in [0.1, 0.15) is 16.1 Å². The first-order valence-corrected chi connectivity index (χ1v) is 7.49. The van der Waals surface area contributed by atoms with Gasteiger partial charge < -0.3 is 14.5 Å². The number of halogens is 1. The number of furan rings is 1. The number of hydrogen-bond donors (Lipinski definition) is 1. The molecule has 118 valence electrons. The number of nitrogens with one attached hydrogen (secondary N) is 1. The second-order valence-electron chi connectivity index (χ2n) is 4.43. The topological polar surface area (TPSA) is 68.5 Å². The number of esters is 1. The van der Waals surface area contributed by atoms with E-state index < -0.39 is 11.9 Å². The SMILES string of the molecule is C=CCOC(=O)/C(=C\c1ccco1)NC(=O)c1cccc(Br)c1. The fourth-order valence-corrected chi connectivity index (χ4v) is 2.10. The minimum absolute atomic E-state index is 0.0215. The molecule has 2 rings (SSSR count). The Hall–Kier alpha value is -2.60. The van der Waals surface area contributed by atoms with Crippen LogP contribution >= 0.6 is 15.9 Å². The van der Waals surface area contributed by atoms with Gasteiger partial charge in [-0.15, -0.1) is 0 Å². The second-order valence-corrected chi connectivity index (χ2v) is 5.34. The van der Waals surface area contributed by atoms with Gasteiger partial charge in [-0.25, -0.2) is 4.79 Å². The molecular formula is C17H14BrNO4. The van der Waals surface area contributed by atoms with Gasteiger partial charge >= 0.3 is 5.97 Å². The van der Waals surface area contributed by atoms with Gasteiger partial charge in [0.25, 0.3) is 5.91 Å². The molecule has 0 saturated carbocycles. The monoisotopic (exact) mass is 375 g/mol. The van der Waals surface area contributed by atoms with E-state index in [1.165, 1.54) is 18.4 Å². The van der Waals surface area contributed by atoms with E-state index in [1.54, 1.807) is 36.4 Å². The van der Waals surface area contributed by atoms with Gasteiger partial charge in [0.2, 0.25) is 0 Å². The Morgan fingerprint density at radius 3 is 2.78 bits per heavy atom. The fourth-order valence-electron chi connectivity index (χ4n) is 1.70. The number of rotatable bonds is 6. The van der Waals surface area contributed by atoms with Crippen molar-refractivity contribution in [1.29, 1.82) is 0 Å². The standard InChI is InChI=1S/C17H14BrNO4/c1-2-8-23-17(21)15(11-14-7-4-9-22-14)19-16(20)12-5-3-6-13(18)10-12/h2-7,9-11H,1,8H2,(H,19,20)/b15-11+. The summed E-state index contributed by atoms with van der Waals surface area (Å²) in [4.78, 5) is 24.3. The molecule has 0 aliphatic heterocycles. The zero-order valence-corrected chi connectivity index (χ0v) is 13.7. The van der Waals surface area contributed by atoms with E-state index in [0.717, 1.165) is 4.47 Å². The summed E-state index contributed by atoms with van der Waals surface area (Å²) in [5.41, 5.74) is 0.382. The van der Waals surface area contributed by atoms with E-state index in [2.05, 4.69) is 27.8 Å². The molecule has 1 heterocycles. The van der Waals surface area contributed by atoms with Crippen molar-refractivity contribution in [3.63, 3.8) is 0 Å². The predicted molar refractivity (Wildman–Crippen MR) is 89.4 cm³/mol. The molecule has 1 aromatic carbocycles. The lowest BCUT2D eigenvalue weighted by Crippen LogP contribution is -2.28. The molecule has 0 radical (unpaired) electrons. The largest absolute Gasteiger partial charge is 0.465 e. The molecule has 0 bridgehead atoms. The van der Waals surface area contributed by atoms with Gasteiger partial charge in [0.1, 0.15) is 18.1 Å². The summed E-state index contributed by atoms with van der Waals surface area (Å²) in [6.07, 6.45) is 4.31. The molecule has 0 aliphatic carbocycles. The van der Waals surface area contributed by atoms with Gasteiger partial charge in [0.15, 0.2) is 0 Å². The number of hydrogen-bond acceptors (Lipinski definition) is 4. The number of carbonyl (C=O) groups excluding carboxylic acids is 2. The van der Waals surface area contributed by atoms with E-state index in [1.807, 2.05) is 0 Å². The molecular weight excluding hydrogens is 362 g/mol. The van der Waals surface area contributed by atoms with E-state index in [9.17, 15) is 9.59 Å². The lowest BCUT2D eigenvalue weighted by atomic mass is 10.2. The summed E-state index contributed by atoms with van der Waals surface area (Å²) in [5, 5.41) is 2.54. The molecule has 0 unspecified atom stereocenters. The molecule has 0 atom stereocenters. The van der Waals surface area contributed by atoms with Crippen molar-refractivity contribution < 1.29 is 18.7 Å². The highest BCUT2D eigenvalue weighted by Crippen LogP contribution is 2.13. The molecule has 1 N–H and O–H groups in total. The predicted octanol–water partition coefficient (Wildman–Crippen LogP) is 3.54. The van der Waals surface area contributed by atoms with Crippen LogP contribution in [0.4, 0.5) is 0 Å². The average Bonchev–Trinajstić information content (AvgIpc) is 3.05. The Morgan fingerprint density at radius 1 is 1.30 bits per heavy atom. The van der Waals surface area contributed by atoms with Crippen molar-refractivity contribution in [1.82, 2.24) is 5.32 Å². The molecule has 2 aromatic rings. The number of ether oxygens (including phenoxy) is 1. The quantitative estimate of drug-likeness (QED) is 0.476. The lowest BCUT2D eigenvalue weighted by molar-refractivity contribution is -0.138. The highest BCUT2D eigenvalue weighted by Gasteiger charge is 2.16. The van der Waals surface area contributed by atoms with Gasteiger partial charge in [0, 0.05) is 16.1 Å². The summed E-state index contributed by atoms with van der Waals surface area (Å²) in [5.74, 6) is -0.686. The van der Waals surface area contributed by atoms with Gasteiger partial charge in [0.05, 0.1) is 6.26 Å². The van der Waals surface area contributed by atoms with Crippen LogP contribution in [0.2, 0.25) is 0 Å². The minimum atomic E-state index is -0.676. The smallest absolute Gasteiger partial charge is 0.355 e. The number of carbonyl (C=O) groups is 2. The first kappa shape index (κ1) is 16.8. The van der Waals surface area contributed by atoms with E-state index in [4.69, 9.17) is 9.15 Å². The van der Waals surface area contributed by atoms with Gasteiger partial charge in [-0.3, -0.25) is 4.79 Å². The highest BCUT2D eigenvalue weighted by molar-refractivity contribution is 9.10. The summed E-state index contributed by atoms with van der Waals surface area (Å²) >= 11 is 3.30. The molecule has 23 heavy (non-hydrogen) atoms. The Morgan fingerprint density at radius 2 is 2.13 bits per heavy atom. The van der Waals surface area contributed by atoms with Crippen molar-refractivity contribution in [2.45, 2.75) is 0 Å². The third-order valence-electron chi connectivity index (χ3n) is 2.72. The summed E-state index contributed by atoms with van der Waals surface area (Å²) in [6, 6.07) is 10.1. The molecule has 1 aromatic heterocycles. The molecule has 0 fully saturated rings. The zero-order valence-electron chi connectivity index (χ0n) is 12.1. The molecule has 0 aliphatic rings. The summed E-state index contributed by atoms with van der Waals surface area (Å²) < 4.78 is 10.9. The molecule has 1 amide bonds. The first-order chi connectivity index (χ1) is 11.1. The van der Waals surface area contributed by atoms with E-state index in [0.29, 0.717) is 11.3 Å². The Kier molecular flexibility index (Phi) is 5.94. The summed E-state index contributed by atoms with van der Waals surface area (Å²) in [6.45, 7) is 3.52. The maximum absolute atomic E-state index is 12.3. The Labute approximate surface area is 141 Å². The maximum Gasteiger partial charge on any atom is 0.355 e. The van der Waals surface area contributed by atoms with Crippen molar-refractivity contribution in [2.75, 3.05) is 6.61 Å². The van der Waals surface area contributed by atoms with Crippen LogP contribution in [0.5, 0.6) is 0 Å². The average molecular weight is 376 g/mol. The molecule has 0 spiro atoms. The highest BCUT2D eigenvalue weighted by atomic mass is 79.9. The van der Waals surface area contributed by atoms with E-state index in [-0.39, 0.29) is 12.3 Å². The van der Waals surface area contributed by atoms with Crippen LogP contribution in [0.15, 0.2) is 69.9 Å². The lowest BCUT2D eigenvalue weighted by Gasteiger charge is -2.09. The zero-order chi connectivity index (χ0) is 16.7. The van der Waals surface area contributed by atoms with Crippen LogP contribution < -0.4 is 5.32 Å². The van der Waals surface area contributed by atoms with Gasteiger partial charge in [-0.2, -0.15) is 0 Å². The second kappa shape index (κ2) is 8.14.